The Kier molecular flexibility index (Phi) is 12.4. The summed E-state index contributed by atoms with van der Waals surface area (Å²) in [6.07, 6.45) is -12.9. The third kappa shape index (κ3) is 7.43. The largest absolute Gasteiger partial charge is 0.458 e. The molecule has 0 aromatic heterocycles. The van der Waals surface area contributed by atoms with Crippen LogP contribution in [-0.4, -0.2) is 181 Å². The summed E-state index contributed by atoms with van der Waals surface area (Å²) in [5.74, 6) is -0.0857. The van der Waals surface area contributed by atoms with Gasteiger partial charge in [-0.3, -0.25) is 0 Å². The average Bonchev–Trinajstić information content (AvgIpc) is 3.71. The molecule has 10 N–H and O–H groups in total. The first-order chi connectivity index (χ1) is 27.9. The van der Waals surface area contributed by atoms with Crippen molar-refractivity contribution >= 4 is 5.97 Å². The Labute approximate surface area is 342 Å². The van der Waals surface area contributed by atoms with Gasteiger partial charge < -0.3 is 84.2 Å². The lowest BCUT2D eigenvalue weighted by Gasteiger charge is -2.63. The van der Waals surface area contributed by atoms with E-state index in [-0.39, 0.29) is 48.7 Å². The number of fused-ring (bicyclic) bond motifs is 5. The predicted molar refractivity (Wildman–Crippen MR) is 198 cm³/mol. The Morgan fingerprint density at radius 1 is 0.729 bits per heavy atom. The fourth-order valence-corrected chi connectivity index (χ4v) is 12.9. The highest BCUT2D eigenvalue weighted by Gasteiger charge is 2.70. The van der Waals surface area contributed by atoms with E-state index in [0.717, 1.165) is 50.5 Å². The molecule has 4 heterocycles. The van der Waals surface area contributed by atoms with Crippen molar-refractivity contribution in [2.75, 3.05) is 19.8 Å². The minimum absolute atomic E-state index is 0.0224. The number of cyclic esters (lactones) is 1. The van der Waals surface area contributed by atoms with Gasteiger partial charge in [0.15, 0.2) is 18.9 Å². The number of carbonyl (C=O) groups is 1. The first-order valence-corrected chi connectivity index (χ1v) is 21.4. The normalized spacial score (nSPS) is 55.1. The number of esters is 1. The Morgan fingerprint density at radius 3 is 2.07 bits per heavy atom. The summed E-state index contributed by atoms with van der Waals surface area (Å²) in [6, 6.07) is 0. The molecular formula is C41H64O18. The lowest BCUT2D eigenvalue weighted by Crippen LogP contribution is -2.65. The summed E-state index contributed by atoms with van der Waals surface area (Å²) in [4.78, 5) is 12.0. The molecule has 8 rings (SSSR count). The Bertz CT molecular complexity index is 1530. The minimum atomic E-state index is -1.80. The van der Waals surface area contributed by atoms with Gasteiger partial charge in [-0.2, -0.15) is 0 Å². The Balaban J connectivity index is 0.853. The SMILES string of the molecule is C[C@H]1O[C@@H](O[C@H]2CC[C@@]3(C)[C@H](CC[C@@H]4[C@@H]3CC[C@]3(C)[C@@H](C5=CC(=O)OC5)[C@@H](O)C[C@]43O)C2)C[C@H](O)[C@@H]1O[C@@H]1O[C@H](CO)[C@@H](O[C@@H]2O[C@H](CO)[C@@H](O)[C@H](O)[C@H]2O)[C@H](O)[C@H]1O. The van der Waals surface area contributed by atoms with Gasteiger partial charge in [0.25, 0.3) is 0 Å². The molecule has 8 aliphatic rings. The lowest BCUT2D eigenvalue weighted by atomic mass is 9.43. The van der Waals surface area contributed by atoms with Gasteiger partial charge in [0, 0.05) is 30.3 Å². The van der Waals surface area contributed by atoms with Crippen molar-refractivity contribution in [3.05, 3.63) is 11.6 Å². The van der Waals surface area contributed by atoms with E-state index < -0.39 is 122 Å². The molecule has 0 bridgehead atoms. The topological polar surface area (TPSA) is 284 Å². The quantitative estimate of drug-likeness (QED) is 0.0897. The summed E-state index contributed by atoms with van der Waals surface area (Å²) in [6.45, 7) is 4.84. The van der Waals surface area contributed by atoms with Crippen molar-refractivity contribution in [2.24, 2.45) is 34.5 Å². The second-order valence-electron chi connectivity index (χ2n) is 19.2. The van der Waals surface area contributed by atoms with E-state index in [4.69, 9.17) is 33.2 Å². The van der Waals surface area contributed by atoms with Crippen LogP contribution in [0.15, 0.2) is 11.6 Å². The van der Waals surface area contributed by atoms with E-state index in [9.17, 15) is 55.9 Å². The van der Waals surface area contributed by atoms with Gasteiger partial charge in [-0.15, -0.1) is 0 Å². The maximum Gasteiger partial charge on any atom is 0.331 e. The lowest BCUT2D eigenvalue weighted by molar-refractivity contribution is -0.373. The van der Waals surface area contributed by atoms with Gasteiger partial charge in [0.05, 0.1) is 43.2 Å². The third-order valence-electron chi connectivity index (χ3n) is 16.1. The van der Waals surface area contributed by atoms with Crippen LogP contribution >= 0.6 is 0 Å². The second-order valence-corrected chi connectivity index (χ2v) is 19.2. The summed E-state index contributed by atoms with van der Waals surface area (Å²) in [7, 11) is 0. The molecule has 7 fully saturated rings. The van der Waals surface area contributed by atoms with E-state index >= 15 is 0 Å². The van der Waals surface area contributed by atoms with Crippen molar-refractivity contribution < 1.29 is 89.0 Å². The van der Waals surface area contributed by atoms with Gasteiger partial charge in [0.2, 0.25) is 0 Å². The number of hydrogen-bond acceptors (Lipinski definition) is 18. The zero-order valence-electron chi connectivity index (χ0n) is 33.8. The van der Waals surface area contributed by atoms with Gasteiger partial charge in [-0.1, -0.05) is 13.8 Å². The van der Waals surface area contributed by atoms with Crippen LogP contribution in [0.1, 0.15) is 78.6 Å². The van der Waals surface area contributed by atoms with Crippen molar-refractivity contribution in [1.82, 2.24) is 0 Å². The molecule has 4 aliphatic heterocycles. The van der Waals surface area contributed by atoms with Gasteiger partial charge >= 0.3 is 5.97 Å². The van der Waals surface area contributed by atoms with Crippen molar-refractivity contribution in [3.63, 3.8) is 0 Å². The molecule has 336 valence electrons. The van der Waals surface area contributed by atoms with E-state index in [1.165, 1.54) is 6.08 Å². The van der Waals surface area contributed by atoms with E-state index in [2.05, 4.69) is 13.8 Å². The van der Waals surface area contributed by atoms with Crippen LogP contribution in [0.25, 0.3) is 0 Å². The molecule has 3 saturated heterocycles. The highest BCUT2D eigenvalue weighted by atomic mass is 16.8. The third-order valence-corrected chi connectivity index (χ3v) is 16.1. The number of aliphatic hydroxyl groups is 10. The highest BCUT2D eigenvalue weighted by molar-refractivity contribution is 5.85. The number of aliphatic hydroxyl groups excluding tert-OH is 9. The summed E-state index contributed by atoms with van der Waals surface area (Å²) < 4.78 is 40.7. The molecule has 0 radical (unpaired) electrons. The van der Waals surface area contributed by atoms with Crippen LogP contribution in [0, 0.1) is 34.5 Å². The van der Waals surface area contributed by atoms with Crippen LogP contribution in [0.4, 0.5) is 0 Å². The van der Waals surface area contributed by atoms with Crippen LogP contribution < -0.4 is 0 Å². The Morgan fingerprint density at radius 2 is 1.41 bits per heavy atom. The first-order valence-electron chi connectivity index (χ1n) is 21.4. The van der Waals surface area contributed by atoms with Crippen LogP contribution in [0.3, 0.4) is 0 Å². The fourth-order valence-electron chi connectivity index (χ4n) is 12.9. The summed E-state index contributed by atoms with van der Waals surface area (Å²) in [5.41, 5.74) is -0.882. The molecule has 18 heteroatoms. The number of rotatable bonds is 9. The zero-order valence-corrected chi connectivity index (χ0v) is 33.8. The summed E-state index contributed by atoms with van der Waals surface area (Å²) >= 11 is 0. The van der Waals surface area contributed by atoms with Gasteiger partial charge in [-0.25, -0.2) is 4.79 Å². The fraction of sp³-hybridized carbons (Fsp3) is 0.927. The minimum Gasteiger partial charge on any atom is -0.458 e. The molecule has 4 saturated carbocycles. The number of hydrogen-bond donors (Lipinski definition) is 10. The molecule has 0 amide bonds. The number of carbonyl (C=O) groups excluding carboxylic acids is 1. The number of ether oxygens (including phenoxy) is 7. The summed E-state index contributed by atoms with van der Waals surface area (Å²) in [5, 5.41) is 108. The van der Waals surface area contributed by atoms with Crippen molar-refractivity contribution in [2.45, 2.75) is 182 Å². The average molecular weight is 845 g/mol. The molecule has 23 atom stereocenters. The molecule has 0 spiro atoms. The second kappa shape index (κ2) is 16.6. The first kappa shape index (κ1) is 44.2. The van der Waals surface area contributed by atoms with Crippen LogP contribution in [-0.2, 0) is 38.0 Å². The molecule has 0 unspecified atom stereocenters. The van der Waals surface area contributed by atoms with Crippen LogP contribution in [0.5, 0.6) is 0 Å². The predicted octanol–water partition coefficient (Wildman–Crippen LogP) is -1.90. The van der Waals surface area contributed by atoms with Gasteiger partial charge in [0.1, 0.15) is 61.5 Å². The maximum atomic E-state index is 12.6. The molecular weight excluding hydrogens is 780 g/mol. The van der Waals surface area contributed by atoms with E-state index in [1.807, 2.05) is 0 Å². The monoisotopic (exact) mass is 844 g/mol. The Hall–Kier alpha value is -1.43. The zero-order chi connectivity index (χ0) is 42.3. The van der Waals surface area contributed by atoms with E-state index in [0.29, 0.717) is 5.92 Å². The highest BCUT2D eigenvalue weighted by Crippen LogP contribution is 2.70. The van der Waals surface area contributed by atoms with Crippen molar-refractivity contribution in [3.8, 4) is 0 Å². The molecule has 59 heavy (non-hydrogen) atoms. The molecule has 4 aliphatic carbocycles. The molecule has 0 aromatic rings. The van der Waals surface area contributed by atoms with Crippen LogP contribution in [0.2, 0.25) is 0 Å². The standard InChI is InChI=1S/C41H64O18/c1-17-35(58-38-34(51)32(49)36(26(15-43)57-38)59-37-33(50)31(48)30(47)25(14-42)56-37)23(44)12-28(54-17)55-20-6-8-39(2)19(11-20)4-5-22-21(39)7-9-40(3)29(18-10-27(46)53-16-18)24(45)13-41(22,40)52/h10,17,19-26,28-38,42-45,47-52H,4-9,11-16H2,1-3H3/t17-,19-,20+,21+,22-,23+,24+,25-,26-,28+,29+,30-,31+,32-,33-,34-,35-,36-,37+,38+,39+,40-,41+/m1/s1. The molecule has 18 nitrogen and oxygen atoms in total. The van der Waals surface area contributed by atoms with Crippen molar-refractivity contribution in [1.29, 1.82) is 0 Å². The molecule has 0 aromatic carbocycles. The van der Waals surface area contributed by atoms with Gasteiger partial charge in [-0.05, 0) is 80.6 Å². The van der Waals surface area contributed by atoms with E-state index in [1.54, 1.807) is 6.92 Å². The maximum absolute atomic E-state index is 12.6. The smallest absolute Gasteiger partial charge is 0.331 e.